The topological polar surface area (TPSA) is 57.2 Å². The highest BCUT2D eigenvalue weighted by molar-refractivity contribution is 6.75. The second kappa shape index (κ2) is 10.8. The third kappa shape index (κ3) is 7.58. The van der Waals surface area contributed by atoms with E-state index in [9.17, 15) is 5.11 Å². The molecular formula is C29H56O5Si3. The van der Waals surface area contributed by atoms with Crippen molar-refractivity contribution in [2.75, 3.05) is 6.61 Å². The summed E-state index contributed by atoms with van der Waals surface area (Å²) in [5, 5.41) is 10.5. The molecule has 4 atom stereocenters. The van der Waals surface area contributed by atoms with E-state index in [2.05, 4.69) is 102 Å². The van der Waals surface area contributed by atoms with Gasteiger partial charge >= 0.3 is 0 Å². The van der Waals surface area contributed by atoms with Crippen LogP contribution in [-0.4, -0.2) is 55.0 Å². The van der Waals surface area contributed by atoms with Crippen LogP contribution in [0.25, 0.3) is 0 Å². The van der Waals surface area contributed by atoms with Crippen molar-refractivity contribution in [3.8, 4) is 5.75 Å². The van der Waals surface area contributed by atoms with E-state index in [1.165, 1.54) is 0 Å². The highest BCUT2D eigenvalue weighted by atomic mass is 28.4. The third-order valence-corrected chi connectivity index (χ3v) is 22.8. The lowest BCUT2D eigenvalue weighted by atomic mass is 10.0. The van der Waals surface area contributed by atoms with Crippen LogP contribution in [0, 0.1) is 0 Å². The van der Waals surface area contributed by atoms with Gasteiger partial charge < -0.3 is 23.1 Å². The van der Waals surface area contributed by atoms with Crippen LogP contribution in [0.4, 0.5) is 0 Å². The Morgan fingerprint density at radius 1 is 0.730 bits per heavy atom. The summed E-state index contributed by atoms with van der Waals surface area (Å²) in [6.07, 6.45) is -1.15. The van der Waals surface area contributed by atoms with Gasteiger partial charge in [-0.05, 0) is 72.1 Å². The van der Waals surface area contributed by atoms with E-state index in [0.717, 1.165) is 5.56 Å². The summed E-state index contributed by atoms with van der Waals surface area (Å²) in [6.45, 7) is 34.6. The maximum Gasteiger partial charge on any atom is 0.192 e. The summed E-state index contributed by atoms with van der Waals surface area (Å²) < 4.78 is 27.9. The summed E-state index contributed by atoms with van der Waals surface area (Å²) in [6, 6.07) is 7.39. The Balaban J connectivity index is 2.59. The van der Waals surface area contributed by atoms with Crippen molar-refractivity contribution in [2.45, 2.75) is 141 Å². The molecule has 0 aromatic heterocycles. The number of aromatic hydroxyl groups is 1. The molecule has 0 unspecified atom stereocenters. The maximum absolute atomic E-state index is 10.3. The van der Waals surface area contributed by atoms with Crippen LogP contribution in [0.2, 0.25) is 54.4 Å². The fraction of sp³-hybridized carbons (Fsp3) is 0.793. The molecule has 2 rings (SSSR count). The molecular weight excluding hydrogens is 513 g/mol. The molecule has 1 aromatic carbocycles. The van der Waals surface area contributed by atoms with Crippen molar-refractivity contribution in [3.05, 3.63) is 29.8 Å². The summed E-state index contributed by atoms with van der Waals surface area (Å²) in [5.41, 5.74) is 0.919. The summed E-state index contributed by atoms with van der Waals surface area (Å²) in [4.78, 5) is 0. The predicted octanol–water partition coefficient (Wildman–Crippen LogP) is 8.63. The van der Waals surface area contributed by atoms with Gasteiger partial charge in [-0.3, -0.25) is 0 Å². The van der Waals surface area contributed by atoms with Gasteiger partial charge in [0.15, 0.2) is 25.0 Å². The van der Waals surface area contributed by atoms with E-state index in [1.54, 1.807) is 12.1 Å². The molecule has 0 aliphatic carbocycles. The molecule has 0 radical (unpaired) electrons. The minimum Gasteiger partial charge on any atom is -0.508 e. The fourth-order valence-corrected chi connectivity index (χ4v) is 7.27. The van der Waals surface area contributed by atoms with Gasteiger partial charge in [-0.1, -0.05) is 74.4 Å². The smallest absolute Gasteiger partial charge is 0.192 e. The van der Waals surface area contributed by atoms with E-state index >= 15 is 0 Å². The van der Waals surface area contributed by atoms with Crippen molar-refractivity contribution in [2.24, 2.45) is 0 Å². The number of benzene rings is 1. The van der Waals surface area contributed by atoms with Crippen molar-refractivity contribution < 1.29 is 23.1 Å². The number of hydrogen-bond acceptors (Lipinski definition) is 5. The van der Waals surface area contributed by atoms with Crippen molar-refractivity contribution in [1.29, 1.82) is 0 Å². The van der Waals surface area contributed by atoms with Crippen molar-refractivity contribution >= 4 is 25.0 Å². The molecule has 214 valence electrons. The van der Waals surface area contributed by atoms with Crippen molar-refractivity contribution in [3.63, 3.8) is 0 Å². The molecule has 1 aromatic rings. The molecule has 1 heterocycles. The summed E-state index contributed by atoms with van der Waals surface area (Å²) >= 11 is 0. The zero-order valence-corrected chi connectivity index (χ0v) is 29.4. The van der Waals surface area contributed by atoms with Gasteiger partial charge in [-0.25, -0.2) is 0 Å². The molecule has 0 amide bonds. The molecule has 5 nitrogen and oxygen atoms in total. The van der Waals surface area contributed by atoms with Crippen molar-refractivity contribution in [1.82, 2.24) is 0 Å². The SMILES string of the molecule is CC(C)(C)[Si](C)(C)OC[C@H]1O[C@@H](c2cccc(O)c2)[C@H](O[Si](C)(C)C(C)(C)C)[C@@H]1O[Si](C)(C)C(C)(C)C. The molecule has 1 saturated heterocycles. The average Bonchev–Trinajstić information content (AvgIpc) is 3.00. The van der Waals surface area contributed by atoms with E-state index in [1.807, 2.05) is 12.1 Å². The summed E-state index contributed by atoms with van der Waals surface area (Å²) in [7, 11) is -6.35. The van der Waals surface area contributed by atoms with Gasteiger partial charge in [0.05, 0.1) is 6.61 Å². The van der Waals surface area contributed by atoms with Gasteiger partial charge in [0, 0.05) is 0 Å². The van der Waals surface area contributed by atoms with E-state index in [-0.39, 0.29) is 45.3 Å². The quantitative estimate of drug-likeness (QED) is 0.318. The Bertz CT molecular complexity index is 909. The normalized spacial score (nSPS) is 24.5. The lowest BCUT2D eigenvalue weighted by molar-refractivity contribution is -0.0173. The lowest BCUT2D eigenvalue weighted by Crippen LogP contribution is -2.54. The van der Waals surface area contributed by atoms with Gasteiger partial charge in [-0.2, -0.15) is 0 Å². The van der Waals surface area contributed by atoms with Crippen LogP contribution in [0.3, 0.4) is 0 Å². The number of phenols is 1. The van der Waals surface area contributed by atoms with Crippen LogP contribution in [0.5, 0.6) is 5.75 Å². The standard InChI is InChI=1S/C29H56O5Si3/c1-27(2,3)35(10,11)31-20-23-25(33-36(12,13)28(4,5)6)26(34-37(14,15)29(7,8)9)24(32-23)21-17-16-18-22(30)19-21/h16-19,23-26,30H,20H2,1-15H3/t23-,24+,25-,26+/m1/s1. The number of hydrogen-bond donors (Lipinski definition) is 1. The second-order valence-electron chi connectivity index (χ2n) is 15.4. The first-order chi connectivity index (χ1) is 16.4. The molecule has 1 N–H and O–H groups in total. The van der Waals surface area contributed by atoms with Crippen LogP contribution in [0.1, 0.15) is 74.0 Å². The zero-order chi connectivity index (χ0) is 28.8. The lowest BCUT2D eigenvalue weighted by Gasteiger charge is -2.44. The van der Waals surface area contributed by atoms with Crippen LogP contribution < -0.4 is 0 Å². The highest BCUT2D eigenvalue weighted by Crippen LogP contribution is 2.47. The number of ether oxygens (including phenoxy) is 1. The molecule has 37 heavy (non-hydrogen) atoms. The Morgan fingerprint density at radius 2 is 1.19 bits per heavy atom. The van der Waals surface area contributed by atoms with E-state index in [0.29, 0.717) is 6.61 Å². The fourth-order valence-electron chi connectivity index (χ4n) is 3.64. The molecule has 1 fully saturated rings. The Kier molecular flexibility index (Phi) is 9.57. The van der Waals surface area contributed by atoms with Gasteiger partial charge in [-0.15, -0.1) is 0 Å². The minimum absolute atomic E-state index is 0.0353. The van der Waals surface area contributed by atoms with Gasteiger partial charge in [0.2, 0.25) is 0 Å². The van der Waals surface area contributed by atoms with Crippen LogP contribution in [0.15, 0.2) is 24.3 Å². The van der Waals surface area contributed by atoms with E-state index < -0.39 is 25.0 Å². The first-order valence-electron chi connectivity index (χ1n) is 13.8. The minimum atomic E-state index is -2.18. The zero-order valence-electron chi connectivity index (χ0n) is 26.4. The summed E-state index contributed by atoms with van der Waals surface area (Å²) in [5.74, 6) is 0.231. The van der Waals surface area contributed by atoms with Gasteiger partial charge in [0.1, 0.15) is 30.2 Å². The van der Waals surface area contributed by atoms with Crippen LogP contribution in [-0.2, 0) is 18.0 Å². The molecule has 1 aliphatic rings. The monoisotopic (exact) mass is 568 g/mol. The third-order valence-electron chi connectivity index (χ3n) is 9.40. The number of phenolic OH excluding ortho intramolecular Hbond substituents is 1. The van der Waals surface area contributed by atoms with E-state index in [4.69, 9.17) is 18.0 Å². The predicted molar refractivity (Wildman–Crippen MR) is 163 cm³/mol. The first-order valence-corrected chi connectivity index (χ1v) is 22.6. The largest absolute Gasteiger partial charge is 0.508 e. The molecule has 0 spiro atoms. The Morgan fingerprint density at radius 3 is 1.62 bits per heavy atom. The van der Waals surface area contributed by atoms with Crippen LogP contribution >= 0.6 is 0 Å². The highest BCUT2D eigenvalue weighted by Gasteiger charge is 2.54. The average molecular weight is 569 g/mol. The molecule has 0 bridgehead atoms. The molecule has 8 heteroatoms. The Labute approximate surface area is 231 Å². The molecule has 1 aliphatic heterocycles. The first kappa shape index (κ1) is 32.7. The Hall–Kier alpha value is -0.489. The maximum atomic E-state index is 10.3. The van der Waals surface area contributed by atoms with Gasteiger partial charge in [0.25, 0.3) is 0 Å². The molecule has 0 saturated carbocycles. The second-order valence-corrected chi connectivity index (χ2v) is 29.8. The number of rotatable bonds is 8.